The van der Waals surface area contributed by atoms with Crippen LogP contribution in [-0.2, 0) is 4.79 Å². The van der Waals surface area contributed by atoms with Crippen LogP contribution < -0.4 is 5.32 Å². The van der Waals surface area contributed by atoms with Gasteiger partial charge in [-0.05, 0) is 55.3 Å². The molecule has 0 heterocycles. The number of carbonyl (C=O) groups is 1. The first-order chi connectivity index (χ1) is 10.5. The number of halogens is 1. The van der Waals surface area contributed by atoms with Crippen molar-refractivity contribution in [2.24, 2.45) is 0 Å². The lowest BCUT2D eigenvalue weighted by atomic mass is 10.0. The number of nitrogens with one attached hydrogen (secondary N) is 1. The van der Waals surface area contributed by atoms with Crippen LogP contribution in [-0.4, -0.2) is 5.91 Å². The van der Waals surface area contributed by atoms with Gasteiger partial charge in [0.05, 0.1) is 0 Å². The number of hydrogen-bond acceptors (Lipinski definition) is 2. The minimum atomic E-state index is -0.440. The Kier molecular flexibility index (Phi) is 4.98. The molecule has 2 rings (SSSR count). The van der Waals surface area contributed by atoms with Crippen LogP contribution in [0.4, 0.5) is 5.69 Å². The van der Waals surface area contributed by atoms with E-state index in [0.29, 0.717) is 10.7 Å². The highest BCUT2D eigenvalue weighted by molar-refractivity contribution is 6.30. The second-order valence-electron chi connectivity index (χ2n) is 4.99. The number of nitrogens with zero attached hydrogens (tertiary/aromatic N) is 1. The van der Waals surface area contributed by atoms with Crippen molar-refractivity contribution in [1.29, 1.82) is 5.26 Å². The van der Waals surface area contributed by atoms with Gasteiger partial charge in [0, 0.05) is 10.7 Å². The Bertz CT molecular complexity index is 771. The van der Waals surface area contributed by atoms with E-state index in [1.807, 2.05) is 38.1 Å². The minimum absolute atomic E-state index is 0.0573. The van der Waals surface area contributed by atoms with Crippen LogP contribution in [0.5, 0.6) is 0 Å². The van der Waals surface area contributed by atoms with Crippen molar-refractivity contribution in [2.45, 2.75) is 13.8 Å². The molecule has 22 heavy (non-hydrogen) atoms. The van der Waals surface area contributed by atoms with E-state index in [0.717, 1.165) is 16.7 Å². The molecule has 0 fully saturated rings. The Hall–Kier alpha value is -2.57. The van der Waals surface area contributed by atoms with Gasteiger partial charge in [-0.15, -0.1) is 0 Å². The molecule has 0 saturated carbocycles. The molecule has 0 aliphatic rings. The van der Waals surface area contributed by atoms with Crippen LogP contribution in [0.1, 0.15) is 16.7 Å². The summed E-state index contributed by atoms with van der Waals surface area (Å²) in [4.78, 5) is 12.2. The first-order valence-corrected chi connectivity index (χ1v) is 7.13. The zero-order chi connectivity index (χ0) is 16.1. The summed E-state index contributed by atoms with van der Waals surface area (Å²) >= 11 is 5.80. The molecule has 0 radical (unpaired) electrons. The summed E-state index contributed by atoms with van der Waals surface area (Å²) < 4.78 is 0. The van der Waals surface area contributed by atoms with Crippen molar-refractivity contribution in [3.8, 4) is 6.07 Å². The molecule has 3 nitrogen and oxygen atoms in total. The largest absolute Gasteiger partial charge is 0.321 e. The van der Waals surface area contributed by atoms with Crippen LogP contribution in [0.15, 0.2) is 48.0 Å². The van der Waals surface area contributed by atoms with Crippen molar-refractivity contribution in [2.75, 3.05) is 5.32 Å². The highest BCUT2D eigenvalue weighted by Gasteiger charge is 2.10. The maximum Gasteiger partial charge on any atom is 0.266 e. The molecule has 1 amide bonds. The Morgan fingerprint density at radius 1 is 1.18 bits per heavy atom. The third kappa shape index (κ3) is 3.97. The lowest BCUT2D eigenvalue weighted by molar-refractivity contribution is -0.112. The van der Waals surface area contributed by atoms with E-state index >= 15 is 0 Å². The smallest absolute Gasteiger partial charge is 0.266 e. The molecule has 1 N–H and O–H groups in total. The maximum absolute atomic E-state index is 12.2. The maximum atomic E-state index is 12.2. The first-order valence-electron chi connectivity index (χ1n) is 6.75. The standard InChI is InChI=1S/C18H15ClN2O/c1-12-3-4-14(13(2)9-12)10-15(11-20)18(22)21-17-7-5-16(19)6-8-17/h3-10H,1-2H3,(H,21,22)/b15-10+. The fourth-order valence-electron chi connectivity index (χ4n) is 2.02. The number of aryl methyl sites for hydroxylation is 2. The molecular weight excluding hydrogens is 296 g/mol. The van der Waals surface area contributed by atoms with E-state index in [-0.39, 0.29) is 5.57 Å². The van der Waals surface area contributed by atoms with Crippen LogP contribution in [0.25, 0.3) is 6.08 Å². The lowest BCUT2D eigenvalue weighted by Gasteiger charge is -2.06. The summed E-state index contributed by atoms with van der Waals surface area (Å²) in [5, 5.41) is 12.5. The molecule has 0 atom stereocenters. The highest BCUT2D eigenvalue weighted by atomic mass is 35.5. The number of rotatable bonds is 3. The summed E-state index contributed by atoms with van der Waals surface area (Å²) in [6.07, 6.45) is 1.60. The Labute approximate surface area is 134 Å². The summed E-state index contributed by atoms with van der Waals surface area (Å²) in [6.45, 7) is 3.95. The molecule has 0 unspecified atom stereocenters. The monoisotopic (exact) mass is 310 g/mol. The first kappa shape index (κ1) is 15.8. The molecule has 110 valence electrons. The van der Waals surface area contributed by atoms with E-state index in [2.05, 4.69) is 5.32 Å². The highest BCUT2D eigenvalue weighted by Crippen LogP contribution is 2.17. The van der Waals surface area contributed by atoms with Crippen LogP contribution >= 0.6 is 11.6 Å². The molecule has 0 aliphatic carbocycles. The second kappa shape index (κ2) is 6.93. The molecule has 2 aromatic carbocycles. The van der Waals surface area contributed by atoms with E-state index in [1.165, 1.54) is 0 Å². The van der Waals surface area contributed by atoms with Crippen molar-refractivity contribution in [3.63, 3.8) is 0 Å². The molecule has 4 heteroatoms. The van der Waals surface area contributed by atoms with Gasteiger partial charge in [0.1, 0.15) is 11.6 Å². The van der Waals surface area contributed by atoms with E-state index in [4.69, 9.17) is 11.6 Å². The number of carbonyl (C=O) groups excluding carboxylic acids is 1. The van der Waals surface area contributed by atoms with Gasteiger partial charge in [0.15, 0.2) is 0 Å². The van der Waals surface area contributed by atoms with Gasteiger partial charge in [-0.3, -0.25) is 4.79 Å². The number of nitriles is 1. The number of hydrogen-bond donors (Lipinski definition) is 1. The normalized spacial score (nSPS) is 10.9. The molecule has 2 aromatic rings. The minimum Gasteiger partial charge on any atom is -0.321 e. The van der Waals surface area contributed by atoms with E-state index < -0.39 is 5.91 Å². The SMILES string of the molecule is Cc1ccc(/C=C(\C#N)C(=O)Nc2ccc(Cl)cc2)c(C)c1. The Morgan fingerprint density at radius 2 is 1.86 bits per heavy atom. The zero-order valence-corrected chi connectivity index (χ0v) is 13.1. The van der Waals surface area contributed by atoms with Gasteiger partial charge in [0.2, 0.25) is 0 Å². The van der Waals surface area contributed by atoms with Gasteiger partial charge in [-0.2, -0.15) is 5.26 Å². The predicted molar refractivity (Wildman–Crippen MR) is 89.6 cm³/mol. The van der Waals surface area contributed by atoms with E-state index in [9.17, 15) is 10.1 Å². The molecule has 0 spiro atoms. The third-order valence-electron chi connectivity index (χ3n) is 3.19. The summed E-state index contributed by atoms with van der Waals surface area (Å²) in [5.74, 6) is -0.440. The Morgan fingerprint density at radius 3 is 2.45 bits per heavy atom. The van der Waals surface area contributed by atoms with Crippen LogP contribution in [0.2, 0.25) is 5.02 Å². The van der Waals surface area contributed by atoms with Crippen molar-refractivity contribution in [1.82, 2.24) is 0 Å². The van der Waals surface area contributed by atoms with Crippen molar-refractivity contribution >= 4 is 29.3 Å². The average molecular weight is 311 g/mol. The fourth-order valence-corrected chi connectivity index (χ4v) is 2.15. The fraction of sp³-hybridized carbons (Fsp3) is 0.111. The quantitative estimate of drug-likeness (QED) is 0.670. The van der Waals surface area contributed by atoms with E-state index in [1.54, 1.807) is 30.3 Å². The predicted octanol–water partition coefficient (Wildman–Crippen LogP) is 4.50. The van der Waals surface area contributed by atoms with Crippen molar-refractivity contribution in [3.05, 3.63) is 69.8 Å². The van der Waals surface area contributed by atoms with Gasteiger partial charge in [0.25, 0.3) is 5.91 Å². The lowest BCUT2D eigenvalue weighted by Crippen LogP contribution is -2.13. The zero-order valence-electron chi connectivity index (χ0n) is 12.4. The Balaban J connectivity index is 2.23. The third-order valence-corrected chi connectivity index (χ3v) is 3.44. The summed E-state index contributed by atoms with van der Waals surface area (Å²) in [7, 11) is 0. The summed E-state index contributed by atoms with van der Waals surface area (Å²) in [5.41, 5.74) is 3.66. The van der Waals surface area contributed by atoms with Gasteiger partial charge < -0.3 is 5.32 Å². The van der Waals surface area contributed by atoms with Gasteiger partial charge in [-0.1, -0.05) is 35.4 Å². The average Bonchev–Trinajstić information content (AvgIpc) is 2.49. The topological polar surface area (TPSA) is 52.9 Å². The molecule has 0 bridgehead atoms. The molecule has 0 aromatic heterocycles. The molecular formula is C18H15ClN2O. The number of benzene rings is 2. The van der Waals surface area contributed by atoms with Gasteiger partial charge >= 0.3 is 0 Å². The van der Waals surface area contributed by atoms with Crippen LogP contribution in [0, 0.1) is 25.2 Å². The second-order valence-corrected chi connectivity index (χ2v) is 5.43. The van der Waals surface area contributed by atoms with Crippen LogP contribution in [0.3, 0.4) is 0 Å². The number of amides is 1. The molecule has 0 aliphatic heterocycles. The number of anilines is 1. The van der Waals surface area contributed by atoms with Crippen molar-refractivity contribution < 1.29 is 4.79 Å². The molecule has 0 saturated heterocycles. The summed E-state index contributed by atoms with van der Waals surface area (Å²) in [6, 6.07) is 14.5. The van der Waals surface area contributed by atoms with Gasteiger partial charge in [-0.25, -0.2) is 0 Å².